The van der Waals surface area contributed by atoms with Gasteiger partial charge in [-0.05, 0) is 85.7 Å². The number of carbonyl (C=O) groups excluding carboxylic acids is 2. The minimum atomic E-state index is -0.704. The Balaban J connectivity index is 1.48. The van der Waals surface area contributed by atoms with Gasteiger partial charge in [0.1, 0.15) is 0 Å². The van der Waals surface area contributed by atoms with Crippen LogP contribution in [0.15, 0.2) is 35.9 Å². The summed E-state index contributed by atoms with van der Waals surface area (Å²) in [4.78, 5) is 26.4. The SMILES string of the molecule is C[C@]12CC(C(=O)c3ccccc3C#N)C(=O)C=C1CC[C@@H]1[C@H]2CC[C@]2(C)C(O)CC[C@@H]12. The second kappa shape index (κ2) is 7.14. The van der Waals surface area contributed by atoms with E-state index in [4.69, 9.17) is 0 Å². The van der Waals surface area contributed by atoms with Crippen molar-refractivity contribution in [3.05, 3.63) is 47.0 Å². The van der Waals surface area contributed by atoms with Crippen LogP contribution in [0.2, 0.25) is 0 Å². The fraction of sp³-hybridized carbons (Fsp3) is 0.593. The Morgan fingerprint density at radius 1 is 1.13 bits per heavy atom. The number of aliphatic hydroxyl groups is 1. The zero-order chi connectivity index (χ0) is 22.0. The quantitative estimate of drug-likeness (QED) is 0.551. The van der Waals surface area contributed by atoms with Crippen molar-refractivity contribution in [3.8, 4) is 6.07 Å². The van der Waals surface area contributed by atoms with Crippen LogP contribution in [-0.2, 0) is 4.79 Å². The van der Waals surface area contributed by atoms with E-state index in [1.54, 1.807) is 30.3 Å². The van der Waals surface area contributed by atoms with E-state index in [1.807, 2.05) is 0 Å². The Kier molecular flexibility index (Phi) is 4.75. The third kappa shape index (κ3) is 2.89. The van der Waals surface area contributed by atoms with Gasteiger partial charge in [-0.1, -0.05) is 37.6 Å². The molecule has 31 heavy (non-hydrogen) atoms. The predicted molar refractivity (Wildman–Crippen MR) is 117 cm³/mol. The molecule has 162 valence electrons. The fourth-order valence-electron chi connectivity index (χ4n) is 7.82. The molecule has 2 unspecified atom stereocenters. The molecule has 0 heterocycles. The molecule has 4 nitrogen and oxygen atoms in total. The molecule has 0 amide bonds. The molecule has 3 fully saturated rings. The van der Waals surface area contributed by atoms with Crippen LogP contribution < -0.4 is 0 Å². The summed E-state index contributed by atoms with van der Waals surface area (Å²) < 4.78 is 0. The minimum Gasteiger partial charge on any atom is -0.393 e. The zero-order valence-electron chi connectivity index (χ0n) is 18.4. The lowest BCUT2D eigenvalue weighted by atomic mass is 9.46. The molecule has 0 aliphatic heterocycles. The molecule has 0 radical (unpaired) electrons. The average Bonchev–Trinajstić information content (AvgIpc) is 3.08. The highest BCUT2D eigenvalue weighted by Crippen LogP contribution is 2.65. The molecule has 7 atom stereocenters. The number of nitriles is 1. The number of aliphatic hydroxyl groups excluding tert-OH is 1. The van der Waals surface area contributed by atoms with Crippen molar-refractivity contribution >= 4 is 11.6 Å². The van der Waals surface area contributed by atoms with Crippen molar-refractivity contribution in [2.45, 2.75) is 64.9 Å². The minimum absolute atomic E-state index is 0.0180. The number of fused-ring (bicyclic) bond motifs is 5. The van der Waals surface area contributed by atoms with Crippen LogP contribution in [0.1, 0.15) is 74.7 Å². The van der Waals surface area contributed by atoms with Crippen molar-refractivity contribution in [1.82, 2.24) is 0 Å². The number of hydrogen-bond acceptors (Lipinski definition) is 4. The molecule has 0 aromatic heterocycles. The summed E-state index contributed by atoms with van der Waals surface area (Å²) in [6.45, 7) is 4.54. The van der Waals surface area contributed by atoms with Crippen molar-refractivity contribution in [2.24, 2.45) is 34.5 Å². The van der Waals surface area contributed by atoms with Gasteiger partial charge in [-0.3, -0.25) is 9.59 Å². The first-order valence-electron chi connectivity index (χ1n) is 11.8. The monoisotopic (exact) mass is 417 g/mol. The number of hydrogen-bond donors (Lipinski definition) is 1. The van der Waals surface area contributed by atoms with Gasteiger partial charge >= 0.3 is 0 Å². The van der Waals surface area contributed by atoms with E-state index >= 15 is 0 Å². The van der Waals surface area contributed by atoms with Crippen molar-refractivity contribution in [1.29, 1.82) is 5.26 Å². The Labute approximate surface area is 184 Å². The van der Waals surface area contributed by atoms with Crippen molar-refractivity contribution < 1.29 is 14.7 Å². The van der Waals surface area contributed by atoms with Gasteiger partial charge < -0.3 is 5.11 Å². The lowest BCUT2D eigenvalue weighted by Crippen LogP contribution is -2.52. The maximum Gasteiger partial charge on any atom is 0.175 e. The molecule has 0 spiro atoms. The third-order valence-electron chi connectivity index (χ3n) is 9.60. The molecule has 1 aromatic rings. The number of rotatable bonds is 2. The number of allylic oxidation sites excluding steroid dienone is 1. The summed E-state index contributed by atoms with van der Waals surface area (Å²) in [5.74, 6) is 0.521. The highest BCUT2D eigenvalue weighted by Gasteiger charge is 2.59. The molecule has 4 aliphatic carbocycles. The molecular formula is C27H31NO3. The molecule has 1 aromatic carbocycles. The fourth-order valence-corrected chi connectivity index (χ4v) is 7.82. The van der Waals surface area contributed by atoms with Crippen LogP contribution in [-0.4, -0.2) is 22.8 Å². The second-order valence-corrected chi connectivity index (χ2v) is 10.8. The first-order valence-corrected chi connectivity index (χ1v) is 11.8. The van der Waals surface area contributed by atoms with Crippen molar-refractivity contribution in [2.75, 3.05) is 0 Å². The van der Waals surface area contributed by atoms with Crippen LogP contribution in [0, 0.1) is 45.8 Å². The average molecular weight is 418 g/mol. The van der Waals surface area contributed by atoms with E-state index in [0.717, 1.165) is 38.5 Å². The number of nitrogens with zero attached hydrogens (tertiary/aromatic N) is 1. The topological polar surface area (TPSA) is 78.2 Å². The number of carbonyl (C=O) groups is 2. The molecule has 3 saturated carbocycles. The molecule has 4 aliphatic rings. The Bertz CT molecular complexity index is 1020. The van der Waals surface area contributed by atoms with Crippen LogP contribution >= 0.6 is 0 Å². The first-order chi connectivity index (χ1) is 14.8. The van der Waals surface area contributed by atoms with Crippen LogP contribution in [0.3, 0.4) is 0 Å². The van der Waals surface area contributed by atoms with Gasteiger partial charge in [0.15, 0.2) is 11.6 Å². The van der Waals surface area contributed by atoms with E-state index < -0.39 is 5.92 Å². The van der Waals surface area contributed by atoms with E-state index in [2.05, 4.69) is 19.9 Å². The van der Waals surface area contributed by atoms with Crippen LogP contribution in [0.25, 0.3) is 0 Å². The summed E-state index contributed by atoms with van der Waals surface area (Å²) in [5, 5.41) is 20.1. The zero-order valence-corrected chi connectivity index (χ0v) is 18.4. The van der Waals surface area contributed by atoms with E-state index in [-0.39, 0.29) is 28.5 Å². The molecule has 5 rings (SSSR count). The Morgan fingerprint density at radius 2 is 1.90 bits per heavy atom. The number of Topliss-reactive ketones (excluding diaryl/α,β-unsaturated/α-hetero) is 1. The summed E-state index contributed by atoms with van der Waals surface area (Å²) in [6, 6.07) is 8.93. The standard InChI is InChI=1S/C27H31NO3/c1-26-12-11-22-19(21(26)9-10-24(26)30)8-7-17-13-23(29)20(14-27(17,22)2)25(31)18-6-4-3-5-16(18)15-28/h3-6,13,19-22,24,30H,7-12,14H2,1-2H3/t19-,20?,21-,22+,24?,26-,27-/m0/s1. The Hall–Kier alpha value is -2.25. The number of benzene rings is 1. The molecule has 0 saturated heterocycles. The van der Waals surface area contributed by atoms with Gasteiger partial charge in [-0.15, -0.1) is 0 Å². The molecule has 0 bridgehead atoms. The Morgan fingerprint density at radius 3 is 2.68 bits per heavy atom. The normalized spacial score (nSPS) is 41.4. The predicted octanol–water partition coefficient (Wildman–Crippen LogP) is 4.86. The van der Waals surface area contributed by atoms with Crippen LogP contribution in [0.5, 0.6) is 0 Å². The maximum atomic E-state index is 13.4. The third-order valence-corrected chi connectivity index (χ3v) is 9.60. The van der Waals surface area contributed by atoms with Gasteiger partial charge in [-0.25, -0.2) is 0 Å². The van der Waals surface area contributed by atoms with E-state index in [1.165, 1.54) is 5.57 Å². The molecule has 4 heteroatoms. The van der Waals surface area contributed by atoms with Crippen molar-refractivity contribution in [3.63, 3.8) is 0 Å². The largest absolute Gasteiger partial charge is 0.393 e. The second-order valence-electron chi connectivity index (χ2n) is 10.8. The molecule has 1 N–H and O–H groups in total. The highest BCUT2D eigenvalue weighted by molar-refractivity contribution is 6.15. The molecular weight excluding hydrogens is 386 g/mol. The van der Waals surface area contributed by atoms with E-state index in [0.29, 0.717) is 35.3 Å². The lowest BCUT2D eigenvalue weighted by molar-refractivity contribution is -0.121. The summed E-state index contributed by atoms with van der Waals surface area (Å²) in [5.41, 5.74) is 1.79. The van der Waals surface area contributed by atoms with Gasteiger partial charge in [0.05, 0.1) is 23.7 Å². The summed E-state index contributed by atoms with van der Waals surface area (Å²) in [7, 11) is 0. The van der Waals surface area contributed by atoms with Gasteiger partial charge in [-0.2, -0.15) is 5.26 Å². The maximum absolute atomic E-state index is 13.4. The highest BCUT2D eigenvalue weighted by atomic mass is 16.3. The van der Waals surface area contributed by atoms with Crippen LogP contribution in [0.4, 0.5) is 0 Å². The number of ketones is 2. The summed E-state index contributed by atoms with van der Waals surface area (Å²) >= 11 is 0. The smallest absolute Gasteiger partial charge is 0.175 e. The van der Waals surface area contributed by atoms with Gasteiger partial charge in [0.2, 0.25) is 0 Å². The summed E-state index contributed by atoms with van der Waals surface area (Å²) in [6.07, 6.45) is 8.17. The van der Waals surface area contributed by atoms with Gasteiger partial charge in [0.25, 0.3) is 0 Å². The van der Waals surface area contributed by atoms with E-state index in [9.17, 15) is 20.0 Å². The van der Waals surface area contributed by atoms with Gasteiger partial charge in [0, 0.05) is 5.56 Å². The first kappa shape index (κ1) is 20.6. The lowest BCUT2D eigenvalue weighted by Gasteiger charge is -2.58.